The fourth-order valence-electron chi connectivity index (χ4n) is 7.32. The SMILES string of the molecule is CCC(CC)CNC(=O)CC1(C)CC2CC(C)CC(C2)C1.CCCC(c1ccccc1)c1ccccc1. The maximum atomic E-state index is 12.3. The van der Waals surface area contributed by atoms with Crippen LogP contribution in [-0.2, 0) is 4.79 Å². The number of hydrogen-bond acceptors (Lipinski definition) is 1. The van der Waals surface area contributed by atoms with Gasteiger partial charge in [0.2, 0.25) is 5.91 Å². The Morgan fingerprint density at radius 1 is 0.865 bits per heavy atom. The Morgan fingerprint density at radius 3 is 1.84 bits per heavy atom. The van der Waals surface area contributed by atoms with Crippen LogP contribution < -0.4 is 5.32 Å². The normalized spacial score (nSPS) is 24.9. The lowest BCUT2D eigenvalue weighted by Gasteiger charge is -2.47. The Morgan fingerprint density at radius 2 is 1.38 bits per heavy atom. The van der Waals surface area contributed by atoms with Crippen LogP contribution in [0.15, 0.2) is 60.7 Å². The predicted octanol–water partition coefficient (Wildman–Crippen LogP) is 9.40. The first-order valence-corrected chi connectivity index (χ1v) is 15.2. The molecule has 0 heterocycles. The molecule has 1 N–H and O–H groups in total. The van der Waals surface area contributed by atoms with Crippen molar-refractivity contribution in [3.63, 3.8) is 0 Å². The van der Waals surface area contributed by atoms with Gasteiger partial charge in [0.1, 0.15) is 0 Å². The highest BCUT2D eigenvalue weighted by Gasteiger charge is 2.41. The maximum absolute atomic E-state index is 12.3. The summed E-state index contributed by atoms with van der Waals surface area (Å²) in [5.41, 5.74) is 3.11. The fourth-order valence-corrected chi connectivity index (χ4v) is 7.32. The lowest BCUT2D eigenvalue weighted by atomic mass is 9.58. The lowest BCUT2D eigenvalue weighted by molar-refractivity contribution is -0.124. The fraction of sp³-hybridized carbons (Fsp3) is 0.629. The monoisotopic (exact) mass is 503 g/mol. The Balaban J connectivity index is 0.000000213. The molecule has 0 spiro atoms. The van der Waals surface area contributed by atoms with Gasteiger partial charge in [-0.25, -0.2) is 0 Å². The van der Waals surface area contributed by atoms with E-state index >= 15 is 0 Å². The molecule has 2 fully saturated rings. The predicted molar refractivity (Wildman–Crippen MR) is 159 cm³/mol. The first-order chi connectivity index (χ1) is 17.9. The highest BCUT2D eigenvalue weighted by Crippen LogP contribution is 2.51. The topological polar surface area (TPSA) is 29.1 Å². The maximum Gasteiger partial charge on any atom is 0.220 e. The number of carbonyl (C=O) groups excluding carboxylic acids is 1. The number of rotatable bonds is 10. The Kier molecular flexibility index (Phi) is 11.7. The largest absolute Gasteiger partial charge is 0.356 e. The third-order valence-corrected chi connectivity index (χ3v) is 9.01. The van der Waals surface area contributed by atoms with Crippen molar-refractivity contribution >= 4 is 5.91 Å². The summed E-state index contributed by atoms with van der Waals surface area (Å²) in [5, 5.41) is 3.19. The van der Waals surface area contributed by atoms with Gasteiger partial charge in [0.25, 0.3) is 0 Å². The molecule has 2 aromatic rings. The van der Waals surface area contributed by atoms with E-state index in [2.05, 4.69) is 101 Å². The van der Waals surface area contributed by atoms with Gasteiger partial charge in [0, 0.05) is 18.9 Å². The van der Waals surface area contributed by atoms with E-state index in [0.29, 0.717) is 11.8 Å². The molecular weight excluding hydrogens is 450 g/mol. The zero-order valence-corrected chi connectivity index (χ0v) is 24.3. The molecule has 2 unspecified atom stereocenters. The number of fused-ring (bicyclic) bond motifs is 2. The Labute approximate surface area is 228 Å². The summed E-state index contributed by atoms with van der Waals surface area (Å²) in [5.74, 6) is 4.15. The molecule has 0 aliphatic heterocycles. The van der Waals surface area contributed by atoms with E-state index in [1.165, 1.54) is 56.1 Å². The van der Waals surface area contributed by atoms with Crippen LogP contribution in [0.25, 0.3) is 0 Å². The summed E-state index contributed by atoms with van der Waals surface area (Å²) in [7, 11) is 0. The number of benzene rings is 2. The van der Waals surface area contributed by atoms with E-state index < -0.39 is 0 Å². The van der Waals surface area contributed by atoms with Crippen LogP contribution in [0, 0.1) is 29.1 Å². The number of carbonyl (C=O) groups is 1. The summed E-state index contributed by atoms with van der Waals surface area (Å²) in [4.78, 5) is 12.3. The van der Waals surface area contributed by atoms with Gasteiger partial charge < -0.3 is 5.32 Å². The average Bonchev–Trinajstić information content (AvgIpc) is 2.88. The highest BCUT2D eigenvalue weighted by atomic mass is 16.1. The first kappa shape index (κ1) is 29.5. The summed E-state index contributed by atoms with van der Waals surface area (Å²) < 4.78 is 0. The van der Waals surface area contributed by atoms with Crippen LogP contribution in [0.1, 0.15) is 116 Å². The van der Waals surface area contributed by atoms with Gasteiger partial charge in [0.15, 0.2) is 0 Å². The van der Waals surface area contributed by atoms with E-state index in [9.17, 15) is 4.79 Å². The van der Waals surface area contributed by atoms with Crippen LogP contribution in [-0.4, -0.2) is 12.5 Å². The van der Waals surface area contributed by atoms with Crippen LogP contribution in [0.3, 0.4) is 0 Å². The molecule has 2 nitrogen and oxygen atoms in total. The molecule has 2 atom stereocenters. The van der Waals surface area contributed by atoms with Gasteiger partial charge in [-0.1, -0.05) is 115 Å². The van der Waals surface area contributed by atoms with Crippen molar-refractivity contribution in [3.05, 3.63) is 71.8 Å². The van der Waals surface area contributed by atoms with E-state index in [-0.39, 0.29) is 11.3 Å². The molecule has 37 heavy (non-hydrogen) atoms. The van der Waals surface area contributed by atoms with Crippen molar-refractivity contribution in [2.45, 2.75) is 105 Å². The molecule has 4 rings (SSSR count). The average molecular weight is 504 g/mol. The van der Waals surface area contributed by atoms with Gasteiger partial charge in [-0.2, -0.15) is 0 Å². The molecule has 1 amide bonds. The molecule has 2 saturated carbocycles. The summed E-state index contributed by atoms with van der Waals surface area (Å²) in [6.45, 7) is 12.3. The van der Waals surface area contributed by atoms with Gasteiger partial charge >= 0.3 is 0 Å². The quantitative estimate of drug-likeness (QED) is 0.344. The second-order valence-electron chi connectivity index (χ2n) is 12.6. The zero-order chi connectivity index (χ0) is 26.7. The minimum Gasteiger partial charge on any atom is -0.356 e. The van der Waals surface area contributed by atoms with Crippen molar-refractivity contribution < 1.29 is 4.79 Å². The van der Waals surface area contributed by atoms with Crippen molar-refractivity contribution in [2.24, 2.45) is 29.1 Å². The van der Waals surface area contributed by atoms with Gasteiger partial charge in [-0.3, -0.25) is 4.79 Å². The van der Waals surface area contributed by atoms with E-state index in [4.69, 9.17) is 0 Å². The van der Waals surface area contributed by atoms with E-state index in [1.54, 1.807) is 0 Å². The Bertz CT molecular complexity index is 846. The second kappa shape index (κ2) is 14.7. The van der Waals surface area contributed by atoms with Crippen molar-refractivity contribution in [1.29, 1.82) is 0 Å². The second-order valence-corrected chi connectivity index (χ2v) is 12.6. The molecule has 2 aromatic carbocycles. The zero-order valence-electron chi connectivity index (χ0n) is 24.3. The van der Waals surface area contributed by atoms with Gasteiger partial charge in [-0.05, 0) is 78.7 Å². The molecule has 0 saturated heterocycles. The molecule has 2 aliphatic carbocycles. The Hall–Kier alpha value is -2.09. The summed E-state index contributed by atoms with van der Waals surface area (Å²) in [6, 6.07) is 21.6. The van der Waals surface area contributed by atoms with Crippen molar-refractivity contribution in [2.75, 3.05) is 6.54 Å². The van der Waals surface area contributed by atoms with Gasteiger partial charge in [-0.15, -0.1) is 0 Å². The number of nitrogens with one attached hydrogen (secondary N) is 1. The third-order valence-electron chi connectivity index (χ3n) is 9.01. The smallest absolute Gasteiger partial charge is 0.220 e. The van der Waals surface area contributed by atoms with Crippen LogP contribution >= 0.6 is 0 Å². The van der Waals surface area contributed by atoms with E-state index in [0.717, 1.165) is 43.6 Å². The first-order valence-electron chi connectivity index (χ1n) is 15.2. The summed E-state index contributed by atoms with van der Waals surface area (Å²) >= 11 is 0. The summed E-state index contributed by atoms with van der Waals surface area (Å²) in [6.07, 6.45) is 12.2. The molecule has 0 radical (unpaired) electrons. The van der Waals surface area contributed by atoms with E-state index in [1.807, 2.05) is 0 Å². The number of hydrogen-bond donors (Lipinski definition) is 1. The molecule has 2 aliphatic rings. The van der Waals surface area contributed by atoms with Gasteiger partial charge in [0.05, 0.1) is 0 Å². The lowest BCUT2D eigenvalue weighted by Crippen LogP contribution is -2.40. The van der Waals surface area contributed by atoms with Crippen LogP contribution in [0.4, 0.5) is 0 Å². The number of amides is 1. The molecule has 0 aromatic heterocycles. The minimum absolute atomic E-state index is 0.256. The van der Waals surface area contributed by atoms with Crippen LogP contribution in [0.2, 0.25) is 0 Å². The standard InChI is InChI=1S/C19H35NO.C16H18/c1-5-15(6-2)13-20-18(21)12-19(4)10-16-7-14(3)8-17(9-16)11-19;1-2-9-16(14-10-5-3-6-11-14)15-12-7-4-8-13-15/h14-17H,5-13H2,1-4H3,(H,20,21);3-8,10-13,16H,2,9H2,1H3. The third kappa shape index (κ3) is 9.31. The minimum atomic E-state index is 0.256. The molecular formula is C35H53NO. The molecule has 204 valence electrons. The van der Waals surface area contributed by atoms with Crippen molar-refractivity contribution in [1.82, 2.24) is 5.32 Å². The van der Waals surface area contributed by atoms with Crippen LogP contribution in [0.5, 0.6) is 0 Å². The molecule has 2 bridgehead atoms. The highest BCUT2D eigenvalue weighted by molar-refractivity contribution is 5.76. The molecule has 2 heteroatoms. The van der Waals surface area contributed by atoms with Crippen molar-refractivity contribution in [3.8, 4) is 0 Å².